The van der Waals surface area contributed by atoms with Gasteiger partial charge in [0, 0.05) is 17.6 Å². The molecule has 1 aromatic carbocycles. The molecule has 136 valence electrons. The summed E-state index contributed by atoms with van der Waals surface area (Å²) in [5, 5.41) is 11.6. The zero-order valence-corrected chi connectivity index (χ0v) is 14.6. The van der Waals surface area contributed by atoms with Crippen molar-refractivity contribution in [3.8, 4) is 0 Å². The predicted molar refractivity (Wildman–Crippen MR) is 90.6 cm³/mol. The molecule has 1 amide bonds. The summed E-state index contributed by atoms with van der Waals surface area (Å²) in [7, 11) is -3.65. The van der Waals surface area contributed by atoms with E-state index in [1.54, 1.807) is 12.1 Å². The van der Waals surface area contributed by atoms with Crippen molar-refractivity contribution < 1.29 is 23.1 Å². The molecule has 0 spiro atoms. The molecule has 0 saturated heterocycles. The van der Waals surface area contributed by atoms with Crippen LogP contribution in [0.3, 0.4) is 0 Å². The largest absolute Gasteiger partial charge is 0.481 e. The lowest BCUT2D eigenvalue weighted by Gasteiger charge is -2.32. The molecule has 0 unspecified atom stereocenters. The van der Waals surface area contributed by atoms with E-state index in [0.29, 0.717) is 12.8 Å². The van der Waals surface area contributed by atoms with Crippen LogP contribution in [0.4, 0.5) is 0 Å². The van der Waals surface area contributed by atoms with Crippen molar-refractivity contribution in [1.29, 1.82) is 0 Å². The topological polar surface area (TPSA) is 113 Å². The SMILES string of the molecule is O=C(NC1CC(C(=O)O)C1)c1cccc(S(=O)(=O)NC2CCCC2)c1. The molecule has 0 aromatic heterocycles. The Hall–Kier alpha value is -1.93. The van der Waals surface area contributed by atoms with E-state index in [2.05, 4.69) is 10.0 Å². The average molecular weight is 366 g/mol. The number of carbonyl (C=O) groups is 2. The van der Waals surface area contributed by atoms with E-state index in [4.69, 9.17) is 5.11 Å². The highest BCUT2D eigenvalue weighted by Crippen LogP contribution is 2.28. The van der Waals surface area contributed by atoms with E-state index in [9.17, 15) is 18.0 Å². The summed E-state index contributed by atoms with van der Waals surface area (Å²) in [6, 6.07) is 5.71. The minimum atomic E-state index is -3.65. The number of aliphatic carboxylic acids is 1. The van der Waals surface area contributed by atoms with Gasteiger partial charge in [0.25, 0.3) is 5.91 Å². The number of amides is 1. The van der Waals surface area contributed by atoms with Crippen LogP contribution < -0.4 is 10.0 Å². The van der Waals surface area contributed by atoms with Crippen LogP contribution in [0.25, 0.3) is 0 Å². The molecular weight excluding hydrogens is 344 g/mol. The number of nitrogens with one attached hydrogen (secondary N) is 2. The molecule has 8 heteroatoms. The highest BCUT2D eigenvalue weighted by molar-refractivity contribution is 7.89. The Kier molecular flexibility index (Phi) is 5.10. The van der Waals surface area contributed by atoms with Crippen molar-refractivity contribution in [2.24, 2.45) is 5.92 Å². The van der Waals surface area contributed by atoms with Crippen molar-refractivity contribution in [1.82, 2.24) is 10.0 Å². The van der Waals surface area contributed by atoms with Crippen LogP contribution in [-0.2, 0) is 14.8 Å². The van der Waals surface area contributed by atoms with Gasteiger partial charge in [-0.25, -0.2) is 13.1 Å². The average Bonchev–Trinajstić information content (AvgIpc) is 3.02. The lowest BCUT2D eigenvalue weighted by Crippen LogP contribution is -2.46. The van der Waals surface area contributed by atoms with Crippen LogP contribution in [0.2, 0.25) is 0 Å². The monoisotopic (exact) mass is 366 g/mol. The Bertz CT molecular complexity index is 765. The summed E-state index contributed by atoms with van der Waals surface area (Å²) in [4.78, 5) is 23.1. The maximum atomic E-state index is 12.5. The van der Waals surface area contributed by atoms with Gasteiger partial charge in [-0.05, 0) is 43.9 Å². The number of carboxylic acids is 1. The summed E-state index contributed by atoms with van der Waals surface area (Å²) in [6.45, 7) is 0. The minimum Gasteiger partial charge on any atom is -0.481 e. The van der Waals surface area contributed by atoms with E-state index in [-0.39, 0.29) is 28.4 Å². The first-order chi connectivity index (χ1) is 11.8. The van der Waals surface area contributed by atoms with Crippen LogP contribution in [-0.4, -0.2) is 37.5 Å². The molecule has 2 aliphatic rings. The lowest BCUT2D eigenvalue weighted by atomic mass is 9.80. The number of benzene rings is 1. The molecule has 0 aliphatic heterocycles. The molecule has 2 fully saturated rings. The van der Waals surface area contributed by atoms with Gasteiger partial charge in [-0.3, -0.25) is 9.59 Å². The second-order valence-corrected chi connectivity index (χ2v) is 8.52. The first-order valence-corrected chi connectivity index (χ1v) is 9.99. The Morgan fingerprint density at radius 3 is 2.40 bits per heavy atom. The van der Waals surface area contributed by atoms with Crippen LogP contribution in [0, 0.1) is 5.92 Å². The fourth-order valence-corrected chi connectivity index (χ4v) is 4.69. The molecule has 2 saturated carbocycles. The van der Waals surface area contributed by atoms with E-state index in [1.165, 1.54) is 12.1 Å². The molecule has 0 bridgehead atoms. The third-order valence-electron chi connectivity index (χ3n) is 4.91. The fraction of sp³-hybridized carbons (Fsp3) is 0.529. The molecule has 0 radical (unpaired) electrons. The summed E-state index contributed by atoms with van der Waals surface area (Å²) < 4.78 is 27.6. The van der Waals surface area contributed by atoms with Crippen molar-refractivity contribution in [2.45, 2.75) is 55.5 Å². The van der Waals surface area contributed by atoms with Crippen molar-refractivity contribution >= 4 is 21.9 Å². The number of rotatable bonds is 6. The summed E-state index contributed by atoms with van der Waals surface area (Å²) in [5.74, 6) is -1.64. The molecule has 7 nitrogen and oxygen atoms in total. The van der Waals surface area contributed by atoms with Crippen molar-refractivity contribution in [2.75, 3.05) is 0 Å². The number of hydrogen-bond acceptors (Lipinski definition) is 4. The van der Waals surface area contributed by atoms with Crippen molar-refractivity contribution in [3.05, 3.63) is 29.8 Å². The highest BCUT2D eigenvalue weighted by Gasteiger charge is 2.35. The van der Waals surface area contributed by atoms with Gasteiger partial charge in [0.05, 0.1) is 10.8 Å². The Labute approximate surface area is 146 Å². The second kappa shape index (κ2) is 7.13. The number of hydrogen-bond donors (Lipinski definition) is 3. The maximum Gasteiger partial charge on any atom is 0.306 e. The zero-order valence-electron chi connectivity index (χ0n) is 13.8. The normalized spacial score (nSPS) is 23.8. The molecule has 3 rings (SSSR count). The van der Waals surface area contributed by atoms with E-state index in [1.807, 2.05) is 0 Å². The highest BCUT2D eigenvalue weighted by atomic mass is 32.2. The Morgan fingerprint density at radius 1 is 1.08 bits per heavy atom. The van der Waals surface area contributed by atoms with Gasteiger partial charge in [-0.15, -0.1) is 0 Å². The smallest absolute Gasteiger partial charge is 0.306 e. The lowest BCUT2D eigenvalue weighted by molar-refractivity contribution is -0.145. The van der Waals surface area contributed by atoms with Crippen LogP contribution in [0.15, 0.2) is 29.2 Å². The maximum absolute atomic E-state index is 12.5. The Balaban J connectivity index is 1.64. The van der Waals surface area contributed by atoms with Crippen LogP contribution >= 0.6 is 0 Å². The predicted octanol–water partition coefficient (Wildman–Crippen LogP) is 1.50. The standard InChI is InChI=1S/C17H22N2O5S/c20-16(18-14-8-12(9-14)17(21)22)11-4-3-7-15(10-11)25(23,24)19-13-5-1-2-6-13/h3-4,7,10,12-14,19H,1-2,5-6,8-9H2,(H,18,20)(H,21,22). The van der Waals surface area contributed by atoms with Crippen LogP contribution in [0.1, 0.15) is 48.9 Å². The summed E-state index contributed by atoms with van der Waals surface area (Å²) >= 11 is 0. The molecular formula is C17H22N2O5S. The van der Waals surface area contributed by atoms with E-state index in [0.717, 1.165) is 25.7 Å². The fourth-order valence-electron chi connectivity index (χ4n) is 3.34. The van der Waals surface area contributed by atoms with E-state index >= 15 is 0 Å². The van der Waals surface area contributed by atoms with E-state index < -0.39 is 21.9 Å². The molecule has 3 N–H and O–H groups in total. The second-order valence-electron chi connectivity index (χ2n) is 6.81. The van der Waals surface area contributed by atoms with Crippen LogP contribution in [0.5, 0.6) is 0 Å². The molecule has 1 aromatic rings. The Morgan fingerprint density at radius 2 is 1.76 bits per heavy atom. The number of sulfonamides is 1. The molecule has 25 heavy (non-hydrogen) atoms. The quantitative estimate of drug-likeness (QED) is 0.706. The first kappa shape index (κ1) is 17.9. The van der Waals surface area contributed by atoms with Gasteiger partial charge in [0.1, 0.15) is 0 Å². The number of carbonyl (C=O) groups excluding carboxylic acids is 1. The van der Waals surface area contributed by atoms with Gasteiger partial charge in [-0.2, -0.15) is 0 Å². The molecule has 0 atom stereocenters. The minimum absolute atomic E-state index is 0.0367. The van der Waals surface area contributed by atoms with Gasteiger partial charge in [0.2, 0.25) is 10.0 Å². The van der Waals surface area contributed by atoms with Gasteiger partial charge < -0.3 is 10.4 Å². The third-order valence-corrected chi connectivity index (χ3v) is 6.42. The van der Waals surface area contributed by atoms with Gasteiger partial charge in [0.15, 0.2) is 0 Å². The van der Waals surface area contributed by atoms with Gasteiger partial charge in [-0.1, -0.05) is 18.9 Å². The first-order valence-electron chi connectivity index (χ1n) is 8.51. The molecule has 0 heterocycles. The zero-order chi connectivity index (χ0) is 18.0. The summed E-state index contributed by atoms with van der Waals surface area (Å²) in [5.41, 5.74) is 0.257. The van der Waals surface area contributed by atoms with Gasteiger partial charge >= 0.3 is 5.97 Å². The molecule has 2 aliphatic carbocycles. The third kappa shape index (κ3) is 4.19. The van der Waals surface area contributed by atoms with Crippen molar-refractivity contribution in [3.63, 3.8) is 0 Å². The summed E-state index contributed by atoms with van der Waals surface area (Å²) in [6.07, 6.45) is 4.53. The number of carboxylic acid groups (broad SMARTS) is 1.